The van der Waals surface area contributed by atoms with E-state index in [0.717, 1.165) is 11.3 Å². The van der Waals surface area contributed by atoms with Crippen molar-refractivity contribution in [1.82, 2.24) is 20.5 Å². The van der Waals surface area contributed by atoms with Gasteiger partial charge in [-0.25, -0.2) is 0 Å². The van der Waals surface area contributed by atoms with E-state index in [0.29, 0.717) is 18.8 Å². The lowest BCUT2D eigenvalue weighted by Gasteiger charge is -2.21. The minimum absolute atomic E-state index is 0.0375. The molecule has 0 fully saturated rings. The van der Waals surface area contributed by atoms with E-state index >= 15 is 0 Å². The zero-order chi connectivity index (χ0) is 14.4. The van der Waals surface area contributed by atoms with Crippen molar-refractivity contribution in [2.24, 2.45) is 5.92 Å². The van der Waals surface area contributed by atoms with Gasteiger partial charge in [0.25, 0.3) is 0 Å². The number of aryl methyl sites for hydroxylation is 1. The average molecular weight is 272 g/mol. The second kappa shape index (κ2) is 6.84. The molecule has 2 heterocycles. The number of rotatable bonds is 6. The number of aromatic nitrogens is 3. The number of carbonyl (C=O) groups excluding carboxylic acids is 1. The summed E-state index contributed by atoms with van der Waals surface area (Å²) in [6.45, 7) is 4.16. The van der Waals surface area contributed by atoms with Crippen molar-refractivity contribution >= 4 is 5.91 Å². The highest BCUT2D eigenvalue weighted by Crippen LogP contribution is 2.19. The molecule has 0 spiro atoms. The van der Waals surface area contributed by atoms with Crippen LogP contribution in [0.1, 0.15) is 37.6 Å². The molecule has 2 aromatic rings. The van der Waals surface area contributed by atoms with Crippen LogP contribution in [0.15, 0.2) is 36.8 Å². The Bertz CT molecular complexity index is 522. The molecule has 0 saturated carbocycles. The van der Waals surface area contributed by atoms with Crippen molar-refractivity contribution in [2.75, 3.05) is 0 Å². The molecule has 106 valence electrons. The van der Waals surface area contributed by atoms with E-state index in [2.05, 4.69) is 34.3 Å². The fraction of sp³-hybridized carbons (Fsp3) is 0.400. The summed E-state index contributed by atoms with van der Waals surface area (Å²) >= 11 is 0. The van der Waals surface area contributed by atoms with E-state index in [1.165, 1.54) is 0 Å². The Morgan fingerprint density at radius 2 is 2.25 bits per heavy atom. The van der Waals surface area contributed by atoms with Crippen molar-refractivity contribution in [3.05, 3.63) is 48.0 Å². The fourth-order valence-electron chi connectivity index (χ4n) is 2.06. The van der Waals surface area contributed by atoms with Crippen LogP contribution in [0.2, 0.25) is 0 Å². The molecule has 5 nitrogen and oxygen atoms in total. The van der Waals surface area contributed by atoms with Crippen molar-refractivity contribution < 1.29 is 4.79 Å². The van der Waals surface area contributed by atoms with Gasteiger partial charge in [0.2, 0.25) is 5.91 Å². The van der Waals surface area contributed by atoms with Gasteiger partial charge in [-0.05, 0) is 30.0 Å². The summed E-state index contributed by atoms with van der Waals surface area (Å²) in [6, 6.07) is 5.71. The molecule has 1 amide bonds. The number of pyridine rings is 1. The lowest BCUT2D eigenvalue weighted by atomic mass is 10.00. The smallest absolute Gasteiger partial charge is 0.220 e. The normalized spacial score (nSPS) is 12.3. The van der Waals surface area contributed by atoms with Gasteiger partial charge in [0.15, 0.2) is 0 Å². The molecular formula is C15H20N4O. The first-order chi connectivity index (χ1) is 9.66. The molecule has 0 aliphatic carbocycles. The van der Waals surface area contributed by atoms with Crippen molar-refractivity contribution in [3.8, 4) is 0 Å². The molecule has 0 aliphatic rings. The number of hydrogen-bond donors (Lipinski definition) is 2. The number of carbonyl (C=O) groups is 1. The molecule has 2 N–H and O–H groups in total. The maximum atomic E-state index is 12.1. The minimum Gasteiger partial charge on any atom is -0.347 e. The Labute approximate surface area is 118 Å². The molecular weight excluding hydrogens is 252 g/mol. The van der Waals surface area contributed by atoms with Gasteiger partial charge >= 0.3 is 0 Å². The highest BCUT2D eigenvalue weighted by Gasteiger charge is 2.19. The molecule has 20 heavy (non-hydrogen) atoms. The zero-order valence-corrected chi connectivity index (χ0v) is 11.8. The van der Waals surface area contributed by atoms with Gasteiger partial charge in [-0.1, -0.05) is 19.9 Å². The Kier molecular flexibility index (Phi) is 4.87. The summed E-state index contributed by atoms with van der Waals surface area (Å²) in [5.74, 6) is 0.332. The van der Waals surface area contributed by atoms with Crippen LogP contribution in [0, 0.1) is 5.92 Å². The Balaban J connectivity index is 1.93. The third kappa shape index (κ3) is 3.91. The molecule has 2 aromatic heterocycles. The van der Waals surface area contributed by atoms with Gasteiger partial charge in [0.05, 0.1) is 17.9 Å². The SMILES string of the molecule is CC(C)[C@@H](NC(=O)CCc1cn[nH]c1)c1ccccn1. The van der Waals surface area contributed by atoms with Crippen LogP contribution in [0.25, 0.3) is 0 Å². The van der Waals surface area contributed by atoms with E-state index in [9.17, 15) is 4.79 Å². The third-order valence-corrected chi connectivity index (χ3v) is 3.19. The lowest BCUT2D eigenvalue weighted by Crippen LogP contribution is -2.32. The standard InChI is InChI=1S/C15H20N4O/c1-11(2)15(13-5-3-4-8-16-13)19-14(20)7-6-12-9-17-18-10-12/h3-5,8-11,15H,6-7H2,1-2H3,(H,17,18)(H,19,20)/t15-/m1/s1. The number of nitrogens with one attached hydrogen (secondary N) is 2. The van der Waals surface area contributed by atoms with Gasteiger partial charge in [-0.3, -0.25) is 14.9 Å². The van der Waals surface area contributed by atoms with Crippen LogP contribution in [-0.4, -0.2) is 21.1 Å². The lowest BCUT2D eigenvalue weighted by molar-refractivity contribution is -0.122. The van der Waals surface area contributed by atoms with Gasteiger partial charge in [0, 0.05) is 18.8 Å². The molecule has 0 bridgehead atoms. The van der Waals surface area contributed by atoms with Crippen LogP contribution in [0.3, 0.4) is 0 Å². The Morgan fingerprint density at radius 3 is 2.85 bits per heavy atom. The second-order valence-corrected chi connectivity index (χ2v) is 5.15. The zero-order valence-electron chi connectivity index (χ0n) is 11.8. The van der Waals surface area contributed by atoms with Crippen molar-refractivity contribution in [1.29, 1.82) is 0 Å². The average Bonchev–Trinajstić information content (AvgIpc) is 2.96. The summed E-state index contributed by atoms with van der Waals surface area (Å²) in [6.07, 6.45) is 6.45. The largest absolute Gasteiger partial charge is 0.347 e. The summed E-state index contributed by atoms with van der Waals surface area (Å²) in [7, 11) is 0. The molecule has 0 radical (unpaired) electrons. The van der Waals surface area contributed by atoms with Crippen LogP contribution in [-0.2, 0) is 11.2 Å². The van der Waals surface area contributed by atoms with E-state index < -0.39 is 0 Å². The first kappa shape index (κ1) is 14.2. The molecule has 0 unspecified atom stereocenters. The molecule has 5 heteroatoms. The van der Waals surface area contributed by atoms with E-state index in [1.54, 1.807) is 12.4 Å². The Hall–Kier alpha value is -2.17. The number of hydrogen-bond acceptors (Lipinski definition) is 3. The van der Waals surface area contributed by atoms with Gasteiger partial charge in [-0.2, -0.15) is 5.10 Å². The van der Waals surface area contributed by atoms with Gasteiger partial charge < -0.3 is 5.32 Å². The van der Waals surface area contributed by atoms with Gasteiger partial charge in [0.1, 0.15) is 0 Å². The first-order valence-electron chi connectivity index (χ1n) is 6.84. The van der Waals surface area contributed by atoms with E-state index in [1.807, 2.05) is 24.4 Å². The molecule has 0 aromatic carbocycles. The number of nitrogens with zero attached hydrogens (tertiary/aromatic N) is 2. The topological polar surface area (TPSA) is 70.7 Å². The van der Waals surface area contributed by atoms with Crippen LogP contribution >= 0.6 is 0 Å². The number of aromatic amines is 1. The molecule has 0 aliphatic heterocycles. The predicted octanol–water partition coefficient (Wildman–Crippen LogP) is 2.25. The summed E-state index contributed by atoms with van der Waals surface area (Å²) < 4.78 is 0. The first-order valence-corrected chi connectivity index (χ1v) is 6.84. The maximum Gasteiger partial charge on any atom is 0.220 e. The number of amides is 1. The quantitative estimate of drug-likeness (QED) is 0.847. The Morgan fingerprint density at radius 1 is 1.40 bits per heavy atom. The van der Waals surface area contributed by atoms with Crippen LogP contribution in [0.4, 0.5) is 0 Å². The second-order valence-electron chi connectivity index (χ2n) is 5.15. The van der Waals surface area contributed by atoms with Crippen molar-refractivity contribution in [2.45, 2.75) is 32.7 Å². The van der Waals surface area contributed by atoms with E-state index in [-0.39, 0.29) is 11.9 Å². The maximum absolute atomic E-state index is 12.1. The van der Waals surface area contributed by atoms with Gasteiger partial charge in [-0.15, -0.1) is 0 Å². The molecule has 1 atom stereocenters. The highest BCUT2D eigenvalue weighted by atomic mass is 16.1. The minimum atomic E-state index is -0.0481. The molecule has 2 rings (SSSR count). The number of H-pyrrole nitrogens is 1. The summed E-state index contributed by atoms with van der Waals surface area (Å²) in [4.78, 5) is 16.4. The third-order valence-electron chi connectivity index (χ3n) is 3.19. The highest BCUT2D eigenvalue weighted by molar-refractivity contribution is 5.76. The van der Waals surface area contributed by atoms with E-state index in [4.69, 9.17) is 0 Å². The predicted molar refractivity (Wildman–Crippen MR) is 76.9 cm³/mol. The summed E-state index contributed by atoms with van der Waals surface area (Å²) in [5.41, 5.74) is 1.94. The fourth-order valence-corrected chi connectivity index (χ4v) is 2.06. The monoisotopic (exact) mass is 272 g/mol. The van der Waals surface area contributed by atoms with Crippen LogP contribution in [0.5, 0.6) is 0 Å². The summed E-state index contributed by atoms with van der Waals surface area (Å²) in [5, 5.41) is 9.68. The molecule has 0 saturated heterocycles. The van der Waals surface area contributed by atoms with Crippen LogP contribution < -0.4 is 5.32 Å². The van der Waals surface area contributed by atoms with Crippen molar-refractivity contribution in [3.63, 3.8) is 0 Å².